The van der Waals surface area contributed by atoms with Crippen LogP contribution in [0.15, 0.2) is 52.4 Å². The van der Waals surface area contributed by atoms with Crippen LogP contribution >= 0.6 is 0 Å². The number of benzene rings is 2. The monoisotopic (exact) mass is 534 g/mol. The number of hydrogen-bond acceptors (Lipinski definition) is 5. The van der Waals surface area contributed by atoms with Gasteiger partial charge in [0.1, 0.15) is 17.5 Å². The second-order valence-electron chi connectivity index (χ2n) is 8.83. The highest BCUT2D eigenvalue weighted by atomic mass is 19.4. The lowest BCUT2D eigenvalue weighted by Gasteiger charge is -2.32. The second-order valence-corrected chi connectivity index (χ2v) is 8.83. The van der Waals surface area contributed by atoms with Crippen molar-refractivity contribution in [2.75, 3.05) is 13.1 Å². The van der Waals surface area contributed by atoms with Gasteiger partial charge in [-0.05, 0) is 50.1 Å². The first-order valence-corrected chi connectivity index (χ1v) is 11.7. The van der Waals surface area contributed by atoms with Crippen molar-refractivity contribution >= 4 is 12.1 Å². The van der Waals surface area contributed by atoms with Crippen molar-refractivity contribution in [3.05, 3.63) is 92.7 Å². The number of piperidine rings is 1. The van der Waals surface area contributed by atoms with Gasteiger partial charge < -0.3 is 14.7 Å². The van der Waals surface area contributed by atoms with Crippen molar-refractivity contribution in [2.24, 2.45) is 5.16 Å². The van der Waals surface area contributed by atoms with E-state index in [4.69, 9.17) is 4.84 Å². The molecule has 0 aliphatic carbocycles. The van der Waals surface area contributed by atoms with Crippen LogP contribution in [0.25, 0.3) is 0 Å². The van der Waals surface area contributed by atoms with Crippen LogP contribution in [0.4, 0.5) is 22.0 Å². The summed E-state index contributed by atoms with van der Waals surface area (Å²) in [5.41, 5.74) is -1.20. The highest BCUT2D eigenvalue weighted by Gasteiger charge is 2.31. The minimum Gasteiger partial charge on any atom is -0.357 e. The first-order valence-electron chi connectivity index (χ1n) is 11.7. The summed E-state index contributed by atoms with van der Waals surface area (Å²) in [7, 11) is 0. The normalized spacial score (nSPS) is 14.7. The third-order valence-corrected chi connectivity index (χ3v) is 6.23. The number of aromatic nitrogens is 2. The predicted octanol–water partition coefficient (Wildman–Crippen LogP) is 4.74. The first-order chi connectivity index (χ1) is 18.0. The molecule has 0 bridgehead atoms. The molecule has 1 aromatic heterocycles. The van der Waals surface area contributed by atoms with E-state index in [9.17, 15) is 31.5 Å². The Morgan fingerprint density at radius 3 is 2.47 bits per heavy atom. The number of aromatic amines is 1. The molecule has 1 aliphatic heterocycles. The number of likely N-dealkylation sites (tertiary alicyclic amines) is 1. The summed E-state index contributed by atoms with van der Waals surface area (Å²) in [6.45, 7) is 2.17. The number of rotatable bonds is 6. The standard InChI is InChI=1S/C26H23F5N4O3/c1-15-33-24(16-8-10-35(11-9-16)23(36)13-19-21(27)6-3-7-22(19)28)20(25(37)34-15)14-32-38-18-5-2-4-17(12-18)26(29,30)31/h2-7,12,14,16H,8-11,13H2,1H3,(H,33,34,37)/b32-14+. The molecule has 7 nitrogen and oxygen atoms in total. The molecule has 3 aromatic rings. The summed E-state index contributed by atoms with van der Waals surface area (Å²) in [5, 5.41) is 3.70. The van der Waals surface area contributed by atoms with Crippen LogP contribution in [-0.4, -0.2) is 40.1 Å². The molecule has 0 atom stereocenters. The van der Waals surface area contributed by atoms with Gasteiger partial charge >= 0.3 is 6.18 Å². The molecule has 0 saturated carbocycles. The molecule has 2 heterocycles. The van der Waals surface area contributed by atoms with E-state index < -0.39 is 41.3 Å². The third kappa shape index (κ3) is 6.24. The number of carbonyl (C=O) groups is 1. The smallest absolute Gasteiger partial charge is 0.357 e. The number of aryl methyl sites for hydroxylation is 1. The average Bonchev–Trinajstić information content (AvgIpc) is 2.87. The first kappa shape index (κ1) is 27.0. The molecule has 12 heteroatoms. The van der Waals surface area contributed by atoms with E-state index in [1.165, 1.54) is 23.1 Å². The van der Waals surface area contributed by atoms with Crippen molar-refractivity contribution < 1.29 is 31.6 Å². The maximum atomic E-state index is 13.9. The minimum atomic E-state index is -4.55. The van der Waals surface area contributed by atoms with Crippen molar-refractivity contribution in [2.45, 2.75) is 38.3 Å². The van der Waals surface area contributed by atoms with E-state index in [0.29, 0.717) is 24.4 Å². The van der Waals surface area contributed by atoms with Crippen molar-refractivity contribution in [1.82, 2.24) is 14.9 Å². The zero-order valence-corrected chi connectivity index (χ0v) is 20.2. The molecular weight excluding hydrogens is 511 g/mol. The maximum absolute atomic E-state index is 13.9. The van der Waals surface area contributed by atoms with Crippen molar-refractivity contribution in [3.63, 3.8) is 0 Å². The number of amides is 1. The predicted molar refractivity (Wildman–Crippen MR) is 128 cm³/mol. The number of hydrogen-bond donors (Lipinski definition) is 1. The average molecular weight is 534 g/mol. The van der Waals surface area contributed by atoms with Crippen LogP contribution in [0, 0.1) is 18.6 Å². The van der Waals surface area contributed by atoms with Crippen molar-refractivity contribution in [3.8, 4) is 5.75 Å². The Morgan fingerprint density at radius 2 is 1.82 bits per heavy atom. The van der Waals surface area contributed by atoms with Gasteiger partial charge in [0, 0.05) is 24.6 Å². The minimum absolute atomic E-state index is 0.0841. The fraction of sp³-hybridized carbons (Fsp3) is 0.308. The Hall–Kier alpha value is -4.09. The summed E-state index contributed by atoms with van der Waals surface area (Å²) >= 11 is 0. The van der Waals surface area contributed by atoms with E-state index in [1.54, 1.807) is 6.92 Å². The highest BCUT2D eigenvalue weighted by Crippen LogP contribution is 2.31. The highest BCUT2D eigenvalue weighted by molar-refractivity contribution is 5.81. The lowest BCUT2D eigenvalue weighted by atomic mass is 9.90. The molecule has 1 saturated heterocycles. The number of halogens is 5. The quantitative estimate of drug-likeness (QED) is 0.281. The van der Waals surface area contributed by atoms with Crippen LogP contribution in [0.2, 0.25) is 0 Å². The van der Waals surface area contributed by atoms with Gasteiger partial charge in [-0.1, -0.05) is 17.3 Å². The zero-order chi connectivity index (χ0) is 27.4. The van der Waals surface area contributed by atoms with E-state index in [0.717, 1.165) is 30.5 Å². The molecule has 1 fully saturated rings. The maximum Gasteiger partial charge on any atom is 0.416 e. The number of nitrogens with one attached hydrogen (secondary N) is 1. The molecule has 1 N–H and O–H groups in total. The van der Waals surface area contributed by atoms with E-state index in [-0.39, 0.29) is 35.9 Å². The third-order valence-electron chi connectivity index (χ3n) is 6.23. The van der Waals surface area contributed by atoms with E-state index in [2.05, 4.69) is 15.1 Å². The Balaban J connectivity index is 1.46. The van der Waals surface area contributed by atoms with Gasteiger partial charge in [-0.3, -0.25) is 9.59 Å². The van der Waals surface area contributed by atoms with Gasteiger partial charge in [-0.15, -0.1) is 0 Å². The van der Waals surface area contributed by atoms with Crippen LogP contribution in [0.5, 0.6) is 5.75 Å². The summed E-state index contributed by atoms with van der Waals surface area (Å²) in [4.78, 5) is 38.9. The lowest BCUT2D eigenvalue weighted by molar-refractivity contribution is -0.137. The number of H-pyrrole nitrogens is 1. The van der Waals surface area contributed by atoms with Gasteiger partial charge in [-0.2, -0.15) is 13.2 Å². The second kappa shape index (κ2) is 11.1. The van der Waals surface area contributed by atoms with E-state index >= 15 is 0 Å². The molecule has 0 radical (unpaired) electrons. The van der Waals surface area contributed by atoms with Crippen LogP contribution in [-0.2, 0) is 17.4 Å². The number of oxime groups is 1. The SMILES string of the molecule is Cc1nc(C2CCN(C(=O)Cc3c(F)cccc3F)CC2)c(/C=N/Oc2cccc(C(F)(F)F)c2)c(=O)[nH]1. The lowest BCUT2D eigenvalue weighted by Crippen LogP contribution is -2.39. The zero-order valence-electron chi connectivity index (χ0n) is 20.2. The summed E-state index contributed by atoms with van der Waals surface area (Å²) in [6.07, 6.45) is -3.00. The van der Waals surface area contributed by atoms with Crippen LogP contribution in [0.1, 0.15) is 47.0 Å². The Labute approximate surface area is 214 Å². The number of nitrogens with zero attached hydrogens (tertiary/aromatic N) is 3. The molecule has 4 rings (SSSR count). The fourth-order valence-electron chi connectivity index (χ4n) is 4.29. The summed E-state index contributed by atoms with van der Waals surface area (Å²) < 4.78 is 66.6. The molecule has 1 aliphatic rings. The molecule has 38 heavy (non-hydrogen) atoms. The van der Waals surface area contributed by atoms with Crippen LogP contribution in [0.3, 0.4) is 0 Å². The Bertz CT molecular complexity index is 1390. The van der Waals surface area contributed by atoms with Gasteiger partial charge in [0.2, 0.25) is 5.91 Å². The van der Waals surface area contributed by atoms with E-state index in [1.807, 2.05) is 0 Å². The van der Waals surface area contributed by atoms with Gasteiger partial charge in [0.15, 0.2) is 5.75 Å². The number of alkyl halides is 3. The largest absolute Gasteiger partial charge is 0.416 e. The van der Waals surface area contributed by atoms with Gasteiger partial charge in [-0.25, -0.2) is 13.8 Å². The Morgan fingerprint density at radius 1 is 1.16 bits per heavy atom. The van der Waals surface area contributed by atoms with Gasteiger partial charge in [0.25, 0.3) is 5.56 Å². The molecular formula is C26H23F5N4O3. The fourth-order valence-corrected chi connectivity index (χ4v) is 4.29. The van der Waals surface area contributed by atoms with Crippen molar-refractivity contribution in [1.29, 1.82) is 0 Å². The summed E-state index contributed by atoms with van der Waals surface area (Å²) in [5.74, 6) is -2.03. The Kier molecular flexibility index (Phi) is 7.88. The topological polar surface area (TPSA) is 87.7 Å². The van der Waals surface area contributed by atoms with Gasteiger partial charge in [0.05, 0.1) is 29.5 Å². The summed E-state index contributed by atoms with van der Waals surface area (Å²) in [6, 6.07) is 7.58. The molecule has 0 unspecified atom stereocenters. The molecule has 1 amide bonds. The van der Waals surface area contributed by atoms with Crippen LogP contribution < -0.4 is 10.4 Å². The molecule has 0 spiro atoms. The molecule has 200 valence electrons. The molecule has 2 aromatic carbocycles. The number of carbonyl (C=O) groups excluding carboxylic acids is 1.